The van der Waals surface area contributed by atoms with Gasteiger partial charge in [0.2, 0.25) is 5.91 Å². The van der Waals surface area contributed by atoms with Crippen molar-refractivity contribution in [2.24, 2.45) is 0 Å². The summed E-state index contributed by atoms with van der Waals surface area (Å²) in [6.07, 6.45) is 1.64. The van der Waals surface area contributed by atoms with Crippen LogP contribution >= 0.6 is 11.6 Å². The minimum Gasteiger partial charge on any atom is -0.480 e. The van der Waals surface area contributed by atoms with E-state index in [9.17, 15) is 19.5 Å². The Morgan fingerprint density at radius 2 is 2.00 bits per heavy atom. The predicted octanol–water partition coefficient (Wildman–Crippen LogP) is 2.45. The summed E-state index contributed by atoms with van der Waals surface area (Å²) in [6, 6.07) is 9.23. The Morgan fingerprint density at radius 1 is 1.26 bits per heavy atom. The lowest BCUT2D eigenvalue weighted by atomic mass is 10.1. The summed E-state index contributed by atoms with van der Waals surface area (Å²) >= 11 is 6.21. The van der Waals surface area contributed by atoms with E-state index in [2.05, 4.69) is 10.3 Å². The van der Waals surface area contributed by atoms with Crippen molar-refractivity contribution in [1.29, 1.82) is 0 Å². The largest absolute Gasteiger partial charge is 0.480 e. The molecule has 1 unspecified atom stereocenters. The number of benzene rings is 1. The lowest BCUT2D eigenvalue weighted by Crippen LogP contribution is -2.46. The first-order valence-corrected chi connectivity index (χ1v) is 8.68. The number of amides is 2. The van der Waals surface area contributed by atoms with Crippen LogP contribution in [0.3, 0.4) is 0 Å². The molecule has 0 aliphatic carbocycles. The lowest BCUT2D eigenvalue weighted by Gasteiger charge is -2.27. The van der Waals surface area contributed by atoms with Crippen LogP contribution in [0.4, 0.5) is 0 Å². The van der Waals surface area contributed by atoms with Crippen molar-refractivity contribution in [3.8, 4) is 11.3 Å². The fourth-order valence-corrected chi connectivity index (χ4v) is 2.69. The van der Waals surface area contributed by atoms with E-state index in [1.165, 1.54) is 18.7 Å². The third kappa shape index (κ3) is 5.27. The SMILES string of the molecule is CC(=O)NCCN(C(=O)c1cc(-c2ccccn2)ccc1Cl)C(C)C(=O)O. The molecule has 1 atom stereocenters. The Hall–Kier alpha value is -2.93. The van der Waals surface area contributed by atoms with Crippen LogP contribution in [0.25, 0.3) is 11.3 Å². The van der Waals surface area contributed by atoms with Crippen LogP contribution in [-0.2, 0) is 9.59 Å². The molecule has 2 rings (SSSR count). The molecule has 0 fully saturated rings. The van der Waals surface area contributed by atoms with Gasteiger partial charge < -0.3 is 15.3 Å². The zero-order chi connectivity index (χ0) is 20.0. The third-order valence-corrected chi connectivity index (χ3v) is 4.30. The topological polar surface area (TPSA) is 99.6 Å². The number of carbonyl (C=O) groups excluding carboxylic acids is 2. The Labute approximate surface area is 162 Å². The van der Waals surface area contributed by atoms with Gasteiger partial charge in [0, 0.05) is 31.8 Å². The average molecular weight is 390 g/mol. The predicted molar refractivity (Wildman–Crippen MR) is 102 cm³/mol. The van der Waals surface area contributed by atoms with Gasteiger partial charge in [0.25, 0.3) is 5.91 Å². The van der Waals surface area contributed by atoms with Gasteiger partial charge >= 0.3 is 5.97 Å². The molecule has 0 bridgehead atoms. The highest BCUT2D eigenvalue weighted by Crippen LogP contribution is 2.25. The molecular weight excluding hydrogens is 370 g/mol. The van der Waals surface area contributed by atoms with Crippen molar-refractivity contribution in [2.75, 3.05) is 13.1 Å². The molecule has 1 aromatic heterocycles. The van der Waals surface area contributed by atoms with Crippen molar-refractivity contribution >= 4 is 29.4 Å². The maximum absolute atomic E-state index is 13.0. The number of halogens is 1. The normalized spacial score (nSPS) is 11.5. The molecule has 0 aliphatic rings. The molecular formula is C19H20ClN3O4. The molecule has 7 nitrogen and oxygen atoms in total. The molecule has 0 aliphatic heterocycles. The molecule has 0 saturated carbocycles. The number of carboxylic acids is 1. The van der Waals surface area contributed by atoms with Crippen LogP contribution in [0.2, 0.25) is 5.02 Å². The summed E-state index contributed by atoms with van der Waals surface area (Å²) in [5.74, 6) is -1.94. The number of hydrogen-bond acceptors (Lipinski definition) is 4. The number of nitrogens with one attached hydrogen (secondary N) is 1. The quantitative estimate of drug-likeness (QED) is 0.757. The maximum Gasteiger partial charge on any atom is 0.326 e. The van der Waals surface area contributed by atoms with Crippen molar-refractivity contribution in [2.45, 2.75) is 19.9 Å². The van der Waals surface area contributed by atoms with Gasteiger partial charge in [0.1, 0.15) is 6.04 Å². The van der Waals surface area contributed by atoms with E-state index in [4.69, 9.17) is 11.6 Å². The van der Waals surface area contributed by atoms with Crippen LogP contribution in [0, 0.1) is 0 Å². The number of aromatic nitrogens is 1. The van der Waals surface area contributed by atoms with Crippen molar-refractivity contribution < 1.29 is 19.5 Å². The Balaban J connectivity index is 2.35. The van der Waals surface area contributed by atoms with E-state index >= 15 is 0 Å². The van der Waals surface area contributed by atoms with E-state index in [0.29, 0.717) is 11.3 Å². The second-order valence-electron chi connectivity index (χ2n) is 5.91. The third-order valence-electron chi connectivity index (χ3n) is 3.97. The summed E-state index contributed by atoms with van der Waals surface area (Å²) in [7, 11) is 0. The first kappa shape index (κ1) is 20.4. The fourth-order valence-electron chi connectivity index (χ4n) is 2.49. The van der Waals surface area contributed by atoms with Gasteiger partial charge in [0.15, 0.2) is 0 Å². The van der Waals surface area contributed by atoms with Gasteiger partial charge in [-0.15, -0.1) is 0 Å². The van der Waals surface area contributed by atoms with Crippen molar-refractivity contribution in [1.82, 2.24) is 15.2 Å². The summed E-state index contributed by atoms with van der Waals surface area (Å²) < 4.78 is 0. The van der Waals surface area contributed by atoms with E-state index in [0.717, 1.165) is 0 Å². The summed E-state index contributed by atoms with van der Waals surface area (Å²) in [4.78, 5) is 40.9. The number of pyridine rings is 1. The zero-order valence-corrected chi connectivity index (χ0v) is 15.7. The van der Waals surface area contributed by atoms with E-state index in [1.807, 2.05) is 6.07 Å². The van der Waals surface area contributed by atoms with Crippen LogP contribution in [0.1, 0.15) is 24.2 Å². The average Bonchev–Trinajstić information content (AvgIpc) is 2.65. The molecule has 1 aromatic carbocycles. The summed E-state index contributed by atoms with van der Waals surface area (Å²) in [5.41, 5.74) is 1.53. The minimum absolute atomic E-state index is 0.0377. The lowest BCUT2D eigenvalue weighted by molar-refractivity contribution is -0.141. The Bertz CT molecular complexity index is 842. The molecule has 2 N–H and O–H groups in total. The van der Waals surface area contributed by atoms with Crippen LogP contribution in [0.15, 0.2) is 42.6 Å². The first-order chi connectivity index (χ1) is 12.8. The summed E-state index contributed by atoms with van der Waals surface area (Å²) in [5, 5.41) is 12.1. The van der Waals surface area contributed by atoms with E-state index in [1.54, 1.807) is 36.5 Å². The molecule has 142 valence electrons. The molecule has 2 aromatic rings. The Kier molecular flexibility index (Phi) is 6.90. The number of carboxylic acid groups (broad SMARTS) is 1. The number of hydrogen-bond donors (Lipinski definition) is 2. The highest BCUT2D eigenvalue weighted by atomic mass is 35.5. The van der Waals surface area contributed by atoms with Gasteiger partial charge in [-0.25, -0.2) is 4.79 Å². The van der Waals surface area contributed by atoms with Crippen LogP contribution in [-0.4, -0.2) is 51.9 Å². The Morgan fingerprint density at radius 3 is 2.59 bits per heavy atom. The van der Waals surface area contributed by atoms with Gasteiger partial charge in [0.05, 0.1) is 16.3 Å². The molecule has 27 heavy (non-hydrogen) atoms. The van der Waals surface area contributed by atoms with Gasteiger partial charge in [-0.3, -0.25) is 14.6 Å². The second-order valence-corrected chi connectivity index (χ2v) is 6.31. The highest BCUT2D eigenvalue weighted by Gasteiger charge is 2.27. The van der Waals surface area contributed by atoms with Crippen molar-refractivity contribution in [3.63, 3.8) is 0 Å². The fraction of sp³-hybridized carbons (Fsp3) is 0.263. The number of nitrogens with zero attached hydrogens (tertiary/aromatic N) is 2. The first-order valence-electron chi connectivity index (χ1n) is 8.30. The minimum atomic E-state index is -1.15. The molecule has 1 heterocycles. The smallest absolute Gasteiger partial charge is 0.326 e. The molecule has 2 amide bonds. The second kappa shape index (κ2) is 9.14. The molecule has 0 radical (unpaired) electrons. The van der Waals surface area contributed by atoms with Gasteiger partial charge in [-0.1, -0.05) is 23.7 Å². The van der Waals surface area contributed by atoms with Gasteiger partial charge in [-0.2, -0.15) is 0 Å². The highest BCUT2D eigenvalue weighted by molar-refractivity contribution is 6.34. The number of rotatable bonds is 7. The maximum atomic E-state index is 13.0. The van der Waals surface area contributed by atoms with Gasteiger partial charge in [-0.05, 0) is 31.2 Å². The number of carbonyl (C=O) groups is 3. The molecule has 8 heteroatoms. The molecule has 0 spiro atoms. The van der Waals surface area contributed by atoms with Crippen molar-refractivity contribution in [3.05, 3.63) is 53.2 Å². The van der Waals surface area contributed by atoms with Crippen LogP contribution < -0.4 is 5.32 Å². The number of aliphatic carboxylic acids is 1. The summed E-state index contributed by atoms with van der Waals surface area (Å²) in [6.45, 7) is 2.93. The monoisotopic (exact) mass is 389 g/mol. The van der Waals surface area contributed by atoms with E-state index in [-0.39, 0.29) is 29.6 Å². The molecule has 0 saturated heterocycles. The standard InChI is InChI=1S/C19H20ClN3O4/c1-12(19(26)27)23(10-9-21-13(2)24)18(25)15-11-14(6-7-16(15)20)17-5-3-4-8-22-17/h3-8,11-12H,9-10H2,1-2H3,(H,21,24)(H,26,27). The van der Waals surface area contributed by atoms with E-state index < -0.39 is 17.9 Å². The zero-order valence-electron chi connectivity index (χ0n) is 15.0. The van der Waals surface area contributed by atoms with Crippen LogP contribution in [0.5, 0.6) is 0 Å².